The molecular weight excluding hydrogens is 288 g/mol. The molecule has 0 aromatic heterocycles. The molecule has 0 heterocycles. The lowest BCUT2D eigenvalue weighted by Gasteiger charge is -2.48. The highest BCUT2D eigenvalue weighted by Gasteiger charge is 2.46. The number of hydrogen-bond donors (Lipinski definition) is 0. The average molecular weight is 321 g/mol. The van der Waals surface area contributed by atoms with Crippen LogP contribution in [0.2, 0.25) is 18.1 Å². The molecule has 124 valence electrons. The van der Waals surface area contributed by atoms with E-state index in [1.165, 1.54) is 5.57 Å². The first kappa shape index (κ1) is 17.7. The Morgan fingerprint density at radius 3 is 2.50 bits per heavy atom. The van der Waals surface area contributed by atoms with E-state index in [-0.39, 0.29) is 23.0 Å². The van der Waals surface area contributed by atoms with Crippen LogP contribution < -0.4 is 0 Å². The van der Waals surface area contributed by atoms with Crippen molar-refractivity contribution in [3.8, 4) is 0 Å². The number of fused-ring (bicyclic) bond motifs is 1. The van der Waals surface area contributed by atoms with Crippen LogP contribution in [0.4, 0.5) is 0 Å². The minimum absolute atomic E-state index is 0.0633. The zero-order valence-corrected chi connectivity index (χ0v) is 16.1. The van der Waals surface area contributed by atoms with E-state index in [1.807, 2.05) is 0 Å². The van der Waals surface area contributed by atoms with Crippen molar-refractivity contribution in [1.29, 1.82) is 0 Å². The first-order valence-electron chi connectivity index (χ1n) is 8.57. The summed E-state index contributed by atoms with van der Waals surface area (Å²) in [4.78, 5) is 11.6. The molecule has 0 saturated heterocycles. The molecular formula is C19H32O2Si. The SMILES string of the molecule is C=C1CC[C@@H](O[Si](C)(C)C(C)(C)C)[C@@H]2C=C[C@H](C)[C@H](C=O)[C@@H]12. The van der Waals surface area contributed by atoms with Crippen molar-refractivity contribution in [3.05, 3.63) is 24.3 Å². The summed E-state index contributed by atoms with van der Waals surface area (Å²) >= 11 is 0. The van der Waals surface area contributed by atoms with Gasteiger partial charge in [0.05, 0.1) is 6.10 Å². The van der Waals surface area contributed by atoms with E-state index in [2.05, 4.69) is 59.5 Å². The van der Waals surface area contributed by atoms with Gasteiger partial charge in [0.15, 0.2) is 8.32 Å². The Labute approximate surface area is 137 Å². The maximum absolute atomic E-state index is 11.6. The molecule has 0 radical (unpaired) electrons. The van der Waals surface area contributed by atoms with E-state index in [0.717, 1.165) is 19.1 Å². The largest absolute Gasteiger partial charge is 0.413 e. The van der Waals surface area contributed by atoms with Gasteiger partial charge in [0.1, 0.15) is 6.29 Å². The van der Waals surface area contributed by atoms with Gasteiger partial charge < -0.3 is 9.22 Å². The Bertz CT molecular complexity index is 472. The van der Waals surface area contributed by atoms with Gasteiger partial charge in [0.2, 0.25) is 0 Å². The van der Waals surface area contributed by atoms with Crippen molar-refractivity contribution in [3.63, 3.8) is 0 Å². The summed E-state index contributed by atoms with van der Waals surface area (Å²) in [6.45, 7) is 17.9. The molecule has 22 heavy (non-hydrogen) atoms. The van der Waals surface area contributed by atoms with E-state index in [1.54, 1.807) is 0 Å². The molecule has 0 aliphatic heterocycles. The topological polar surface area (TPSA) is 26.3 Å². The monoisotopic (exact) mass is 320 g/mol. The number of hydrogen-bond acceptors (Lipinski definition) is 2. The second kappa shape index (κ2) is 6.08. The van der Waals surface area contributed by atoms with Crippen molar-refractivity contribution < 1.29 is 9.22 Å². The van der Waals surface area contributed by atoms with Gasteiger partial charge >= 0.3 is 0 Å². The fraction of sp³-hybridized carbons (Fsp3) is 0.737. The van der Waals surface area contributed by atoms with Gasteiger partial charge in [0.25, 0.3) is 0 Å². The van der Waals surface area contributed by atoms with Crippen LogP contribution in [0.5, 0.6) is 0 Å². The zero-order chi connectivity index (χ0) is 16.7. The summed E-state index contributed by atoms with van der Waals surface area (Å²) in [6, 6.07) is 0. The molecule has 0 amide bonds. The van der Waals surface area contributed by atoms with Crippen molar-refractivity contribution in [2.45, 2.75) is 64.8 Å². The summed E-state index contributed by atoms with van der Waals surface area (Å²) in [5.41, 5.74) is 1.24. The van der Waals surface area contributed by atoms with Crippen molar-refractivity contribution in [2.24, 2.45) is 23.7 Å². The Morgan fingerprint density at radius 1 is 1.32 bits per heavy atom. The Balaban J connectivity index is 2.27. The normalized spacial score (nSPS) is 36.1. The Morgan fingerprint density at radius 2 is 1.95 bits per heavy atom. The molecule has 2 aliphatic carbocycles. The standard InChI is InChI=1S/C19H32O2Si/c1-13-8-10-15-17(21-22(6,7)19(3,4)5)11-9-14(2)18(15)16(13)12-20/h8,10,12-13,15-18H,2,9,11H2,1,3-7H3/t13-,15-,16-,17+,18-/m0/s1. The number of carbonyl (C=O) groups excluding carboxylic acids is 1. The third-order valence-electron chi connectivity index (χ3n) is 6.13. The summed E-state index contributed by atoms with van der Waals surface area (Å²) in [6.07, 6.45) is 7.93. The van der Waals surface area contributed by atoms with Crippen LogP contribution in [-0.4, -0.2) is 20.7 Å². The molecule has 2 aliphatic rings. The van der Waals surface area contributed by atoms with Crippen molar-refractivity contribution in [1.82, 2.24) is 0 Å². The van der Waals surface area contributed by atoms with E-state index in [9.17, 15) is 4.79 Å². The number of carbonyl (C=O) groups is 1. The summed E-state index contributed by atoms with van der Waals surface area (Å²) in [5, 5.41) is 0.215. The van der Waals surface area contributed by atoms with Crippen LogP contribution in [0.3, 0.4) is 0 Å². The van der Waals surface area contributed by atoms with Gasteiger partial charge in [-0.3, -0.25) is 0 Å². The molecule has 2 nitrogen and oxygen atoms in total. The number of allylic oxidation sites excluding steroid dienone is 2. The predicted molar refractivity (Wildman–Crippen MR) is 95.3 cm³/mol. The highest BCUT2D eigenvalue weighted by molar-refractivity contribution is 6.74. The van der Waals surface area contributed by atoms with Crippen molar-refractivity contribution >= 4 is 14.6 Å². The average Bonchev–Trinajstić information content (AvgIpc) is 2.40. The number of aldehydes is 1. The van der Waals surface area contributed by atoms with E-state index < -0.39 is 8.32 Å². The molecule has 0 unspecified atom stereocenters. The molecule has 1 saturated carbocycles. The van der Waals surface area contributed by atoms with Gasteiger partial charge in [-0.15, -0.1) is 0 Å². The molecule has 3 heteroatoms. The van der Waals surface area contributed by atoms with Gasteiger partial charge in [-0.25, -0.2) is 0 Å². The molecule has 1 fully saturated rings. The van der Waals surface area contributed by atoms with Gasteiger partial charge in [0, 0.05) is 11.8 Å². The maximum Gasteiger partial charge on any atom is 0.192 e. The Hall–Kier alpha value is -0.673. The quantitative estimate of drug-likeness (QED) is 0.416. The van der Waals surface area contributed by atoms with Crippen LogP contribution >= 0.6 is 0 Å². The van der Waals surface area contributed by atoms with Gasteiger partial charge in [-0.1, -0.05) is 52.0 Å². The second-order valence-corrected chi connectivity index (χ2v) is 13.4. The molecule has 0 spiro atoms. The van der Waals surface area contributed by atoms with Gasteiger partial charge in [-0.2, -0.15) is 0 Å². The van der Waals surface area contributed by atoms with E-state index in [4.69, 9.17) is 4.43 Å². The lowest BCUT2D eigenvalue weighted by atomic mass is 9.63. The van der Waals surface area contributed by atoms with Crippen molar-refractivity contribution in [2.75, 3.05) is 0 Å². The van der Waals surface area contributed by atoms with Crippen LogP contribution in [0.15, 0.2) is 24.3 Å². The lowest BCUT2D eigenvalue weighted by Crippen LogP contribution is -2.50. The highest BCUT2D eigenvalue weighted by Crippen LogP contribution is 2.48. The molecule has 2 rings (SSSR count). The molecule has 0 aromatic rings. The molecule has 0 bridgehead atoms. The first-order chi connectivity index (χ1) is 10.1. The van der Waals surface area contributed by atoms with Crippen LogP contribution in [0, 0.1) is 23.7 Å². The van der Waals surface area contributed by atoms with Crippen LogP contribution in [0.1, 0.15) is 40.5 Å². The Kier molecular flexibility index (Phi) is 4.89. The van der Waals surface area contributed by atoms with E-state index in [0.29, 0.717) is 11.8 Å². The smallest absolute Gasteiger partial charge is 0.192 e. The third-order valence-corrected chi connectivity index (χ3v) is 10.6. The predicted octanol–water partition coefficient (Wildman–Crippen LogP) is 4.98. The lowest BCUT2D eigenvalue weighted by molar-refractivity contribution is -0.114. The van der Waals surface area contributed by atoms with Gasteiger partial charge in [-0.05, 0) is 42.8 Å². The summed E-state index contributed by atoms with van der Waals surface area (Å²) in [5.74, 6) is 0.957. The third kappa shape index (κ3) is 3.16. The minimum atomic E-state index is -1.79. The maximum atomic E-state index is 11.6. The highest BCUT2D eigenvalue weighted by atomic mass is 28.4. The second-order valence-electron chi connectivity index (χ2n) is 8.67. The van der Waals surface area contributed by atoms with Crippen LogP contribution in [0.25, 0.3) is 0 Å². The van der Waals surface area contributed by atoms with E-state index >= 15 is 0 Å². The first-order valence-corrected chi connectivity index (χ1v) is 11.5. The molecule has 0 aromatic carbocycles. The summed E-state index contributed by atoms with van der Waals surface area (Å²) in [7, 11) is -1.79. The molecule has 0 N–H and O–H groups in total. The summed E-state index contributed by atoms with van der Waals surface area (Å²) < 4.78 is 6.72. The minimum Gasteiger partial charge on any atom is -0.413 e. The fourth-order valence-electron chi connectivity index (χ4n) is 3.62. The molecule has 5 atom stereocenters. The number of rotatable bonds is 3. The zero-order valence-electron chi connectivity index (χ0n) is 15.1. The fourth-order valence-corrected chi connectivity index (χ4v) is 5.01. The van der Waals surface area contributed by atoms with Crippen LogP contribution in [-0.2, 0) is 9.22 Å².